The third-order valence-electron chi connectivity index (χ3n) is 4.81. The van der Waals surface area contributed by atoms with Crippen molar-refractivity contribution < 1.29 is 14.3 Å². The van der Waals surface area contributed by atoms with Crippen molar-refractivity contribution >= 4 is 11.8 Å². The number of piperazine rings is 1. The fourth-order valence-corrected chi connectivity index (χ4v) is 3.29. The number of benzene rings is 1. The molecule has 0 spiro atoms. The molecule has 128 valence electrons. The Hall–Kier alpha value is -2.30. The normalized spacial score (nSPS) is 20.3. The third kappa shape index (κ3) is 3.78. The highest BCUT2D eigenvalue weighted by atomic mass is 16.5. The minimum atomic E-state index is 0.0171. The predicted molar refractivity (Wildman–Crippen MR) is 92.0 cm³/mol. The second kappa shape index (κ2) is 7.51. The van der Waals surface area contributed by atoms with Gasteiger partial charge in [-0.1, -0.05) is 12.2 Å². The van der Waals surface area contributed by atoms with Gasteiger partial charge in [-0.15, -0.1) is 0 Å². The third-order valence-corrected chi connectivity index (χ3v) is 4.81. The van der Waals surface area contributed by atoms with E-state index >= 15 is 0 Å². The number of ether oxygens (including phenoxy) is 1. The molecule has 1 aromatic carbocycles. The summed E-state index contributed by atoms with van der Waals surface area (Å²) in [5.74, 6) is 1.37. The van der Waals surface area contributed by atoms with E-state index in [1.807, 2.05) is 9.80 Å². The lowest BCUT2D eigenvalue weighted by Crippen LogP contribution is -2.50. The zero-order valence-electron chi connectivity index (χ0n) is 14.1. The van der Waals surface area contributed by atoms with Crippen molar-refractivity contribution in [3.05, 3.63) is 42.0 Å². The molecule has 5 heteroatoms. The number of allylic oxidation sites excluding steroid dienone is 2. The second-order valence-electron chi connectivity index (χ2n) is 6.37. The molecule has 0 bridgehead atoms. The molecular weight excluding hydrogens is 304 g/mol. The number of methoxy groups -OCH3 is 1. The van der Waals surface area contributed by atoms with Gasteiger partial charge in [0.25, 0.3) is 5.91 Å². The SMILES string of the molecule is COc1ccc(C(=O)N2CCN(C(=O)CC3C=CCC3)CC2)cc1. The van der Waals surface area contributed by atoms with Crippen LogP contribution in [-0.2, 0) is 4.79 Å². The van der Waals surface area contributed by atoms with E-state index < -0.39 is 0 Å². The lowest BCUT2D eigenvalue weighted by Gasteiger charge is -2.35. The molecular formula is C19H24N2O3. The Balaban J connectivity index is 1.51. The van der Waals surface area contributed by atoms with Crippen LogP contribution in [0.2, 0.25) is 0 Å². The molecule has 1 aromatic rings. The summed E-state index contributed by atoms with van der Waals surface area (Å²) in [6.07, 6.45) is 7.08. The summed E-state index contributed by atoms with van der Waals surface area (Å²) < 4.78 is 5.12. The van der Waals surface area contributed by atoms with E-state index in [4.69, 9.17) is 4.74 Å². The molecule has 1 heterocycles. The molecule has 0 saturated carbocycles. The Morgan fingerprint density at radius 3 is 2.33 bits per heavy atom. The Morgan fingerprint density at radius 1 is 1.08 bits per heavy atom. The van der Waals surface area contributed by atoms with E-state index in [0.717, 1.165) is 18.6 Å². The number of hydrogen-bond donors (Lipinski definition) is 0. The van der Waals surface area contributed by atoms with E-state index in [9.17, 15) is 9.59 Å². The molecule has 3 rings (SSSR count). The maximum atomic E-state index is 12.5. The molecule has 0 N–H and O–H groups in total. The maximum absolute atomic E-state index is 12.5. The van der Waals surface area contributed by atoms with Crippen molar-refractivity contribution in [3.63, 3.8) is 0 Å². The van der Waals surface area contributed by atoms with E-state index in [2.05, 4.69) is 12.2 Å². The maximum Gasteiger partial charge on any atom is 0.253 e. The fraction of sp³-hybridized carbons (Fsp3) is 0.474. The first-order valence-corrected chi connectivity index (χ1v) is 8.55. The van der Waals surface area contributed by atoms with E-state index in [0.29, 0.717) is 44.1 Å². The van der Waals surface area contributed by atoms with Crippen molar-refractivity contribution in [1.29, 1.82) is 0 Å². The molecule has 1 saturated heterocycles. The molecule has 24 heavy (non-hydrogen) atoms. The van der Waals surface area contributed by atoms with E-state index in [1.54, 1.807) is 31.4 Å². The molecule has 1 fully saturated rings. The van der Waals surface area contributed by atoms with Gasteiger partial charge in [-0.05, 0) is 43.0 Å². The van der Waals surface area contributed by atoms with Gasteiger partial charge in [0, 0.05) is 38.2 Å². The Bertz CT molecular complexity index is 616. The van der Waals surface area contributed by atoms with Crippen LogP contribution in [0.3, 0.4) is 0 Å². The first kappa shape index (κ1) is 16.6. The molecule has 1 unspecified atom stereocenters. The van der Waals surface area contributed by atoms with Gasteiger partial charge in [0.1, 0.15) is 5.75 Å². The van der Waals surface area contributed by atoms with Crippen molar-refractivity contribution in [2.75, 3.05) is 33.3 Å². The number of hydrogen-bond acceptors (Lipinski definition) is 3. The molecule has 2 aliphatic rings. The topological polar surface area (TPSA) is 49.9 Å². The first-order chi connectivity index (χ1) is 11.7. The highest BCUT2D eigenvalue weighted by Gasteiger charge is 2.26. The number of nitrogens with zero attached hydrogens (tertiary/aromatic N) is 2. The smallest absolute Gasteiger partial charge is 0.253 e. The Labute approximate surface area is 142 Å². The van der Waals surface area contributed by atoms with Gasteiger partial charge >= 0.3 is 0 Å². The van der Waals surface area contributed by atoms with Gasteiger partial charge in [0.15, 0.2) is 0 Å². The zero-order chi connectivity index (χ0) is 16.9. The van der Waals surface area contributed by atoms with Gasteiger partial charge in [0.2, 0.25) is 5.91 Å². The minimum absolute atomic E-state index is 0.0171. The van der Waals surface area contributed by atoms with Crippen LogP contribution < -0.4 is 4.74 Å². The predicted octanol–water partition coefficient (Wildman–Crippen LogP) is 2.34. The molecule has 5 nitrogen and oxygen atoms in total. The lowest BCUT2D eigenvalue weighted by molar-refractivity contribution is -0.133. The lowest BCUT2D eigenvalue weighted by atomic mass is 10.0. The standard InChI is InChI=1S/C19H24N2O3/c1-24-17-8-6-16(7-9-17)19(23)21-12-10-20(11-13-21)18(22)14-15-4-2-3-5-15/h2,4,6-9,15H,3,5,10-14H2,1H3. The van der Waals surface area contributed by atoms with Gasteiger partial charge in [-0.2, -0.15) is 0 Å². The highest BCUT2D eigenvalue weighted by molar-refractivity contribution is 5.94. The van der Waals surface area contributed by atoms with Gasteiger partial charge in [0.05, 0.1) is 7.11 Å². The van der Waals surface area contributed by atoms with Crippen molar-refractivity contribution in [2.45, 2.75) is 19.3 Å². The number of carbonyl (C=O) groups excluding carboxylic acids is 2. The van der Waals surface area contributed by atoms with E-state index in [-0.39, 0.29) is 11.8 Å². The summed E-state index contributed by atoms with van der Waals surface area (Å²) >= 11 is 0. The summed E-state index contributed by atoms with van der Waals surface area (Å²) in [4.78, 5) is 28.6. The van der Waals surface area contributed by atoms with E-state index in [1.165, 1.54) is 0 Å². The summed E-state index contributed by atoms with van der Waals surface area (Å²) in [6.45, 7) is 2.43. The number of amides is 2. The Kier molecular flexibility index (Phi) is 5.18. The molecule has 1 aliphatic carbocycles. The van der Waals surface area contributed by atoms with Gasteiger partial charge in [-0.3, -0.25) is 9.59 Å². The van der Waals surface area contributed by atoms with Crippen molar-refractivity contribution in [2.24, 2.45) is 5.92 Å². The summed E-state index contributed by atoms with van der Waals surface area (Å²) in [5, 5.41) is 0. The summed E-state index contributed by atoms with van der Waals surface area (Å²) in [6, 6.07) is 7.15. The van der Waals surface area contributed by atoms with Crippen LogP contribution in [0, 0.1) is 5.92 Å². The van der Waals surface area contributed by atoms with Crippen molar-refractivity contribution in [1.82, 2.24) is 9.80 Å². The molecule has 1 aliphatic heterocycles. The second-order valence-corrected chi connectivity index (χ2v) is 6.37. The number of rotatable bonds is 4. The molecule has 2 amide bonds. The largest absolute Gasteiger partial charge is 0.497 e. The van der Waals surface area contributed by atoms with Crippen LogP contribution in [0.15, 0.2) is 36.4 Å². The van der Waals surface area contributed by atoms with Crippen LogP contribution in [0.1, 0.15) is 29.6 Å². The average molecular weight is 328 g/mol. The molecule has 0 radical (unpaired) electrons. The van der Waals surface area contributed by atoms with Crippen LogP contribution in [0.4, 0.5) is 0 Å². The van der Waals surface area contributed by atoms with Crippen LogP contribution in [-0.4, -0.2) is 54.9 Å². The Morgan fingerprint density at radius 2 is 1.75 bits per heavy atom. The number of carbonyl (C=O) groups is 2. The van der Waals surface area contributed by atoms with Crippen molar-refractivity contribution in [3.8, 4) is 5.75 Å². The van der Waals surface area contributed by atoms with Crippen LogP contribution in [0.25, 0.3) is 0 Å². The zero-order valence-corrected chi connectivity index (χ0v) is 14.1. The van der Waals surface area contributed by atoms with Gasteiger partial charge < -0.3 is 14.5 Å². The quantitative estimate of drug-likeness (QED) is 0.797. The molecule has 1 atom stereocenters. The van der Waals surface area contributed by atoms with Gasteiger partial charge in [-0.25, -0.2) is 0 Å². The summed E-state index contributed by atoms with van der Waals surface area (Å²) in [7, 11) is 1.61. The molecule has 0 aromatic heterocycles. The average Bonchev–Trinajstić information content (AvgIpc) is 3.14. The highest BCUT2D eigenvalue weighted by Crippen LogP contribution is 2.22. The summed E-state index contributed by atoms with van der Waals surface area (Å²) in [5.41, 5.74) is 0.659. The monoisotopic (exact) mass is 328 g/mol. The van der Waals surface area contributed by atoms with Crippen LogP contribution in [0.5, 0.6) is 5.75 Å². The first-order valence-electron chi connectivity index (χ1n) is 8.55. The fourth-order valence-electron chi connectivity index (χ4n) is 3.29. The van der Waals surface area contributed by atoms with Crippen LogP contribution >= 0.6 is 0 Å². The minimum Gasteiger partial charge on any atom is -0.497 e.